The lowest BCUT2D eigenvalue weighted by molar-refractivity contribution is -0.135. The van der Waals surface area contributed by atoms with Crippen molar-refractivity contribution in [2.75, 3.05) is 12.4 Å². The van der Waals surface area contributed by atoms with Gasteiger partial charge in [0.05, 0.1) is 17.1 Å². The number of sulfonamides is 2. The molecule has 0 amide bonds. The standard InChI is InChI=1S/C11H13ClF3N3O4S3/c1-18-10(7(23)4-11(13,14)15)17-6-2-5(12)8(24(16,19)20)3-9(6)25(18,21)22/h2-3,7,10,17,23H,4H2,1H3,(H2,16,19,20). The fourth-order valence-electron chi connectivity index (χ4n) is 2.32. The molecule has 0 saturated heterocycles. The van der Waals surface area contributed by atoms with E-state index in [4.69, 9.17) is 16.7 Å². The van der Waals surface area contributed by atoms with E-state index in [1.807, 2.05) is 0 Å². The Morgan fingerprint density at radius 1 is 1.44 bits per heavy atom. The Kier molecular flexibility index (Phi) is 5.32. The van der Waals surface area contributed by atoms with Gasteiger partial charge in [-0.25, -0.2) is 22.0 Å². The maximum absolute atomic E-state index is 12.6. The topological polar surface area (TPSA) is 110 Å². The van der Waals surface area contributed by atoms with Gasteiger partial charge in [0, 0.05) is 12.3 Å². The summed E-state index contributed by atoms with van der Waals surface area (Å²) in [4.78, 5) is -1.07. The number of fused-ring (bicyclic) bond motifs is 1. The number of nitrogens with two attached hydrogens (primary N) is 1. The van der Waals surface area contributed by atoms with Crippen molar-refractivity contribution in [2.45, 2.75) is 33.8 Å². The number of nitrogens with zero attached hydrogens (tertiary/aromatic N) is 1. The second-order valence-corrected chi connectivity index (χ2v) is 9.89. The third-order valence-electron chi connectivity index (χ3n) is 3.50. The second-order valence-electron chi connectivity index (χ2n) is 5.32. The maximum atomic E-state index is 12.6. The lowest BCUT2D eigenvalue weighted by Gasteiger charge is -2.38. The van der Waals surface area contributed by atoms with Gasteiger partial charge in [0.2, 0.25) is 20.0 Å². The first-order valence-electron chi connectivity index (χ1n) is 6.50. The largest absolute Gasteiger partial charge is 0.390 e. The van der Waals surface area contributed by atoms with Crippen LogP contribution in [-0.4, -0.2) is 45.8 Å². The summed E-state index contributed by atoms with van der Waals surface area (Å²) < 4.78 is 86.5. The molecule has 2 rings (SSSR count). The molecule has 1 aromatic carbocycles. The molecular formula is C11H13ClF3N3O4S3. The number of primary sulfonamides is 1. The monoisotopic (exact) mass is 439 g/mol. The molecule has 0 bridgehead atoms. The number of nitrogens with one attached hydrogen (secondary N) is 1. The maximum Gasteiger partial charge on any atom is 0.390 e. The van der Waals surface area contributed by atoms with Crippen LogP contribution in [0.3, 0.4) is 0 Å². The Hall–Kier alpha value is -0.730. The van der Waals surface area contributed by atoms with Crippen LogP contribution in [0.4, 0.5) is 18.9 Å². The van der Waals surface area contributed by atoms with E-state index in [9.17, 15) is 30.0 Å². The summed E-state index contributed by atoms with van der Waals surface area (Å²) in [6.07, 6.45) is -7.21. The van der Waals surface area contributed by atoms with E-state index in [0.29, 0.717) is 4.31 Å². The van der Waals surface area contributed by atoms with Crippen molar-refractivity contribution in [3.05, 3.63) is 17.2 Å². The molecule has 7 nitrogen and oxygen atoms in total. The van der Waals surface area contributed by atoms with E-state index in [1.165, 1.54) is 0 Å². The number of anilines is 1. The van der Waals surface area contributed by atoms with Crippen LogP contribution >= 0.6 is 24.2 Å². The van der Waals surface area contributed by atoms with Gasteiger partial charge in [-0.05, 0) is 12.1 Å². The Morgan fingerprint density at radius 3 is 2.48 bits per heavy atom. The fourth-order valence-corrected chi connectivity index (χ4v) is 5.54. The van der Waals surface area contributed by atoms with Crippen LogP contribution in [0.1, 0.15) is 6.42 Å². The summed E-state index contributed by atoms with van der Waals surface area (Å²) in [5.41, 5.74) is -0.137. The van der Waals surface area contributed by atoms with E-state index in [2.05, 4.69) is 17.9 Å². The van der Waals surface area contributed by atoms with Gasteiger partial charge in [0.1, 0.15) is 16.0 Å². The van der Waals surface area contributed by atoms with Crippen LogP contribution in [0.15, 0.2) is 21.9 Å². The van der Waals surface area contributed by atoms with Gasteiger partial charge in [-0.3, -0.25) is 0 Å². The van der Waals surface area contributed by atoms with Gasteiger partial charge in [0.15, 0.2) is 0 Å². The predicted octanol–water partition coefficient (Wildman–Crippen LogP) is 1.61. The van der Waals surface area contributed by atoms with Crippen LogP contribution < -0.4 is 10.5 Å². The third-order valence-corrected chi connectivity index (χ3v) is 7.22. The van der Waals surface area contributed by atoms with E-state index in [-0.39, 0.29) is 10.7 Å². The van der Waals surface area contributed by atoms with Crippen LogP contribution in [0.5, 0.6) is 0 Å². The van der Waals surface area contributed by atoms with E-state index in [1.54, 1.807) is 0 Å². The van der Waals surface area contributed by atoms with Crippen molar-refractivity contribution >= 4 is 50.0 Å². The number of benzene rings is 1. The molecule has 1 heterocycles. The number of alkyl halides is 3. The molecule has 1 aromatic rings. The molecule has 0 spiro atoms. The van der Waals surface area contributed by atoms with Crippen molar-refractivity contribution in [1.82, 2.24) is 4.31 Å². The van der Waals surface area contributed by atoms with Crippen LogP contribution in [0.25, 0.3) is 0 Å². The first-order valence-corrected chi connectivity index (χ1v) is 10.4. The van der Waals surface area contributed by atoms with E-state index in [0.717, 1.165) is 19.2 Å². The van der Waals surface area contributed by atoms with Gasteiger partial charge in [-0.15, -0.1) is 0 Å². The van der Waals surface area contributed by atoms with E-state index >= 15 is 0 Å². The molecule has 0 saturated carbocycles. The second kappa shape index (κ2) is 6.46. The normalized spacial score (nSPS) is 22.1. The molecule has 1 aliphatic heterocycles. The third kappa shape index (κ3) is 4.17. The minimum Gasteiger partial charge on any atom is -0.367 e. The summed E-state index contributed by atoms with van der Waals surface area (Å²) in [6.45, 7) is 0. The van der Waals surface area contributed by atoms with Crippen molar-refractivity contribution in [3.8, 4) is 0 Å². The number of hydrogen-bond donors (Lipinski definition) is 3. The van der Waals surface area contributed by atoms with Crippen molar-refractivity contribution < 1.29 is 30.0 Å². The van der Waals surface area contributed by atoms with Gasteiger partial charge >= 0.3 is 6.18 Å². The Morgan fingerprint density at radius 2 is 2.00 bits per heavy atom. The minimum atomic E-state index is -4.55. The zero-order chi connectivity index (χ0) is 19.4. The summed E-state index contributed by atoms with van der Waals surface area (Å²) in [5, 5.41) is 5.80. The molecule has 2 unspecified atom stereocenters. The average molecular weight is 440 g/mol. The van der Waals surface area contributed by atoms with Crippen LogP contribution in [0.2, 0.25) is 5.02 Å². The lowest BCUT2D eigenvalue weighted by atomic mass is 10.2. The van der Waals surface area contributed by atoms with Gasteiger partial charge in [-0.1, -0.05) is 11.6 Å². The number of hydrogen-bond acceptors (Lipinski definition) is 6. The highest BCUT2D eigenvalue weighted by Gasteiger charge is 2.43. The van der Waals surface area contributed by atoms with Gasteiger partial charge in [-0.2, -0.15) is 30.1 Å². The summed E-state index contributed by atoms with van der Waals surface area (Å²) in [7, 11) is -7.53. The van der Waals surface area contributed by atoms with Crippen molar-refractivity contribution in [3.63, 3.8) is 0 Å². The van der Waals surface area contributed by atoms with Gasteiger partial charge in [0.25, 0.3) is 0 Å². The number of halogens is 4. The zero-order valence-electron chi connectivity index (χ0n) is 12.4. The molecular weight excluding hydrogens is 427 g/mol. The first kappa shape index (κ1) is 20.6. The van der Waals surface area contributed by atoms with Crippen molar-refractivity contribution in [1.29, 1.82) is 0 Å². The molecule has 25 heavy (non-hydrogen) atoms. The van der Waals surface area contributed by atoms with E-state index < -0.39 is 53.9 Å². The quantitative estimate of drug-likeness (QED) is 0.620. The summed E-state index contributed by atoms with van der Waals surface area (Å²) >= 11 is 9.65. The molecule has 0 aromatic heterocycles. The Balaban J connectivity index is 2.56. The highest BCUT2D eigenvalue weighted by atomic mass is 35.5. The number of rotatable bonds is 3. The molecule has 2 atom stereocenters. The summed E-state index contributed by atoms with van der Waals surface area (Å²) in [6, 6.07) is 1.75. The van der Waals surface area contributed by atoms with Crippen LogP contribution in [-0.2, 0) is 20.0 Å². The smallest absolute Gasteiger partial charge is 0.367 e. The predicted molar refractivity (Wildman–Crippen MR) is 88.6 cm³/mol. The Labute approximate surface area is 152 Å². The molecule has 1 aliphatic rings. The molecule has 142 valence electrons. The highest BCUT2D eigenvalue weighted by Crippen LogP contribution is 2.39. The minimum absolute atomic E-state index is 0.137. The zero-order valence-corrected chi connectivity index (χ0v) is 15.7. The molecule has 0 fully saturated rings. The van der Waals surface area contributed by atoms with Gasteiger partial charge < -0.3 is 5.32 Å². The highest BCUT2D eigenvalue weighted by molar-refractivity contribution is 7.90. The Bertz CT molecular complexity index is 905. The lowest BCUT2D eigenvalue weighted by Crippen LogP contribution is -2.51. The molecule has 0 aliphatic carbocycles. The molecule has 3 N–H and O–H groups in total. The van der Waals surface area contributed by atoms with Crippen molar-refractivity contribution in [2.24, 2.45) is 5.14 Å². The first-order chi connectivity index (χ1) is 11.1. The average Bonchev–Trinajstić information content (AvgIpc) is 2.39. The molecule has 0 radical (unpaired) electrons. The van der Waals surface area contributed by atoms with Crippen LogP contribution in [0, 0.1) is 0 Å². The molecule has 14 heteroatoms. The fraction of sp³-hybridized carbons (Fsp3) is 0.455. The summed E-state index contributed by atoms with van der Waals surface area (Å²) in [5.74, 6) is 0. The SMILES string of the molecule is CN1C(C(S)CC(F)(F)F)Nc2cc(Cl)c(S(N)(=O)=O)cc2S1(=O)=O. The number of thiol groups is 1.